The third kappa shape index (κ3) is 28.7. The van der Waals surface area contributed by atoms with Crippen molar-refractivity contribution in [2.45, 2.75) is 272 Å². The molecule has 0 aromatic carbocycles. The summed E-state index contributed by atoms with van der Waals surface area (Å²) in [6.45, 7) is 12.1. The van der Waals surface area contributed by atoms with E-state index in [2.05, 4.69) is 47.9 Å². The maximum Gasteiger partial charge on any atom is 0.305 e. The second-order valence-corrected chi connectivity index (χ2v) is 19.8. The summed E-state index contributed by atoms with van der Waals surface area (Å²) in [7, 11) is 0. The van der Waals surface area contributed by atoms with Gasteiger partial charge in [0.25, 0.3) is 0 Å². The van der Waals surface area contributed by atoms with Crippen LogP contribution in [-0.4, -0.2) is 25.2 Å². The largest absolute Gasteiger partial charge is 0.465 e. The number of aryl methyl sites for hydroxylation is 2. The van der Waals surface area contributed by atoms with Gasteiger partial charge in [0.05, 0.1) is 23.0 Å². The van der Waals surface area contributed by atoms with Crippen LogP contribution in [0.4, 0.5) is 0 Å². The van der Waals surface area contributed by atoms with Crippen molar-refractivity contribution in [1.29, 1.82) is 0 Å². The van der Waals surface area contributed by atoms with Crippen LogP contribution in [0.3, 0.4) is 0 Å². The lowest BCUT2D eigenvalue weighted by molar-refractivity contribution is -0.698. The standard InChI is InChI=1S/C52H94N2O4S2/c1-5-7-9-11-13-15-17-19-21-23-25-27-31-35-41-53-45-59-49(47(53)3)39-43-57-51(55)37-33-29-30-34-38-52(56)58-44-40-50-48(4)54(46-60-50)42-36-32-28-26-24-22-20-18-16-14-12-10-8-6-2/h45-46H,5-44H2,1-4H3/q+2. The first kappa shape index (κ1) is 54.3. The van der Waals surface area contributed by atoms with Gasteiger partial charge in [-0.1, -0.05) is 203 Å². The molecule has 2 aromatic rings. The summed E-state index contributed by atoms with van der Waals surface area (Å²) in [6, 6.07) is 0. The molecule has 6 nitrogen and oxygen atoms in total. The fourth-order valence-corrected chi connectivity index (χ4v) is 10.3. The summed E-state index contributed by atoms with van der Waals surface area (Å²) in [4.78, 5) is 27.3. The van der Waals surface area contributed by atoms with Gasteiger partial charge in [0, 0.05) is 52.4 Å². The van der Waals surface area contributed by atoms with Crippen molar-refractivity contribution in [3.8, 4) is 0 Å². The Hall–Kier alpha value is -1.80. The number of aromatic nitrogens is 2. The van der Waals surface area contributed by atoms with Gasteiger partial charge in [0.1, 0.15) is 13.1 Å². The maximum atomic E-state index is 12.3. The number of carbonyl (C=O) groups is 2. The quantitative estimate of drug-likeness (QED) is 0.0378. The lowest BCUT2D eigenvalue weighted by Gasteiger charge is -2.05. The van der Waals surface area contributed by atoms with Gasteiger partial charge in [-0.3, -0.25) is 9.59 Å². The molecule has 0 saturated carbocycles. The van der Waals surface area contributed by atoms with Crippen molar-refractivity contribution in [3.05, 3.63) is 32.2 Å². The third-order valence-electron chi connectivity index (χ3n) is 12.5. The van der Waals surface area contributed by atoms with Gasteiger partial charge < -0.3 is 9.47 Å². The molecule has 346 valence electrons. The zero-order valence-electron chi connectivity index (χ0n) is 39.8. The Morgan fingerprint density at radius 1 is 0.417 bits per heavy atom. The van der Waals surface area contributed by atoms with Crippen LogP contribution >= 0.6 is 22.7 Å². The fraction of sp³-hybridized carbons (Fsp3) is 0.846. The van der Waals surface area contributed by atoms with Crippen molar-refractivity contribution in [2.75, 3.05) is 13.2 Å². The molecular formula is C52H94N2O4S2+2. The van der Waals surface area contributed by atoms with E-state index in [0.717, 1.165) is 51.6 Å². The lowest BCUT2D eigenvalue weighted by Crippen LogP contribution is -2.34. The van der Waals surface area contributed by atoms with Gasteiger partial charge in [0.2, 0.25) is 11.0 Å². The predicted molar refractivity (Wildman–Crippen MR) is 256 cm³/mol. The number of unbranched alkanes of at least 4 members (excludes halogenated alkanes) is 29. The van der Waals surface area contributed by atoms with Crippen LogP contribution in [0.25, 0.3) is 0 Å². The molecule has 2 rings (SSSR count). The van der Waals surface area contributed by atoms with Crippen LogP contribution in [0, 0.1) is 13.8 Å². The lowest BCUT2D eigenvalue weighted by atomic mass is 10.0. The maximum absolute atomic E-state index is 12.3. The topological polar surface area (TPSA) is 60.4 Å². The van der Waals surface area contributed by atoms with E-state index < -0.39 is 0 Å². The number of esters is 2. The number of carbonyl (C=O) groups excluding carboxylic acids is 2. The van der Waals surface area contributed by atoms with Gasteiger partial charge in [-0.2, -0.15) is 9.13 Å². The Bertz CT molecular complexity index is 1210. The van der Waals surface area contributed by atoms with E-state index in [0.29, 0.717) is 26.1 Å². The van der Waals surface area contributed by atoms with Crippen molar-refractivity contribution >= 4 is 34.6 Å². The Balaban J connectivity index is 1.38. The first-order valence-electron chi connectivity index (χ1n) is 25.7. The van der Waals surface area contributed by atoms with E-state index in [1.54, 1.807) is 22.7 Å². The molecule has 60 heavy (non-hydrogen) atoms. The molecule has 0 saturated heterocycles. The number of nitrogens with zero attached hydrogens (tertiary/aromatic N) is 2. The minimum Gasteiger partial charge on any atom is -0.465 e. The number of hydrogen-bond acceptors (Lipinski definition) is 6. The van der Waals surface area contributed by atoms with Crippen LogP contribution in [0.5, 0.6) is 0 Å². The molecule has 0 aliphatic heterocycles. The smallest absolute Gasteiger partial charge is 0.305 e. The summed E-state index contributed by atoms with van der Waals surface area (Å²) >= 11 is 3.58. The van der Waals surface area contributed by atoms with E-state index in [1.807, 2.05) is 0 Å². The summed E-state index contributed by atoms with van der Waals surface area (Å²) in [5.41, 5.74) is 7.13. The van der Waals surface area contributed by atoms with Crippen molar-refractivity contribution in [2.24, 2.45) is 0 Å². The predicted octanol–water partition coefficient (Wildman–Crippen LogP) is 15.2. The van der Waals surface area contributed by atoms with Gasteiger partial charge in [-0.25, -0.2) is 0 Å². The summed E-state index contributed by atoms with van der Waals surface area (Å²) < 4.78 is 15.9. The normalized spacial score (nSPS) is 11.5. The van der Waals surface area contributed by atoms with Gasteiger partial charge >= 0.3 is 11.9 Å². The van der Waals surface area contributed by atoms with E-state index in [4.69, 9.17) is 9.47 Å². The molecule has 0 radical (unpaired) electrons. The summed E-state index contributed by atoms with van der Waals surface area (Å²) in [5.74, 6) is -0.215. The average molecular weight is 875 g/mol. The summed E-state index contributed by atoms with van der Waals surface area (Å²) in [5, 5.41) is 0. The Morgan fingerprint density at radius 3 is 0.983 bits per heavy atom. The highest BCUT2D eigenvalue weighted by molar-refractivity contribution is 7.09. The molecule has 0 fully saturated rings. The number of thiazole rings is 2. The molecule has 2 heterocycles. The SMILES string of the molecule is CCCCCCCCCCCCCCCC[n+]1csc(CCOC(=O)CCCCCCC(=O)OCCc2sc[n+](CCCCCCCCCCCCCCCC)c2C)c1C. The minimum absolute atomic E-state index is 0.108. The second-order valence-electron chi connectivity index (χ2n) is 17.9. The molecule has 0 atom stereocenters. The number of rotatable bonds is 43. The molecule has 0 aliphatic rings. The Kier molecular flexibility index (Phi) is 35.2. The molecule has 0 bridgehead atoms. The first-order valence-corrected chi connectivity index (χ1v) is 27.5. The van der Waals surface area contributed by atoms with Crippen LogP contribution < -0.4 is 9.13 Å². The van der Waals surface area contributed by atoms with Crippen molar-refractivity contribution < 1.29 is 28.2 Å². The van der Waals surface area contributed by atoms with Crippen molar-refractivity contribution in [3.63, 3.8) is 0 Å². The molecule has 0 unspecified atom stereocenters. The molecule has 8 heteroatoms. The highest BCUT2D eigenvalue weighted by atomic mass is 32.1. The molecule has 0 N–H and O–H groups in total. The fourth-order valence-electron chi connectivity index (χ4n) is 8.33. The van der Waals surface area contributed by atoms with E-state index in [-0.39, 0.29) is 11.9 Å². The highest BCUT2D eigenvalue weighted by Crippen LogP contribution is 2.17. The first-order chi connectivity index (χ1) is 29.5. The summed E-state index contributed by atoms with van der Waals surface area (Å²) in [6.07, 6.45) is 44.8. The van der Waals surface area contributed by atoms with E-state index in [9.17, 15) is 9.59 Å². The van der Waals surface area contributed by atoms with Crippen LogP contribution in [-0.2, 0) is 45.0 Å². The van der Waals surface area contributed by atoms with Crippen molar-refractivity contribution in [1.82, 2.24) is 0 Å². The molecule has 2 aromatic heterocycles. The Labute approximate surface area is 378 Å². The van der Waals surface area contributed by atoms with Crippen LogP contribution in [0.2, 0.25) is 0 Å². The zero-order valence-corrected chi connectivity index (χ0v) is 41.4. The van der Waals surface area contributed by atoms with E-state index in [1.165, 1.54) is 201 Å². The minimum atomic E-state index is -0.108. The number of hydrogen-bond donors (Lipinski definition) is 0. The third-order valence-corrected chi connectivity index (χ3v) is 14.8. The average Bonchev–Trinajstić information content (AvgIpc) is 3.78. The highest BCUT2D eigenvalue weighted by Gasteiger charge is 2.17. The molecule has 0 amide bonds. The Morgan fingerprint density at radius 2 is 0.683 bits per heavy atom. The zero-order chi connectivity index (χ0) is 43.1. The second kappa shape index (κ2) is 38.8. The van der Waals surface area contributed by atoms with Crippen LogP contribution in [0.15, 0.2) is 11.0 Å². The molecule has 0 aliphatic carbocycles. The van der Waals surface area contributed by atoms with Gasteiger partial charge in [0.15, 0.2) is 11.4 Å². The molecule has 0 spiro atoms. The van der Waals surface area contributed by atoms with Crippen LogP contribution in [0.1, 0.15) is 253 Å². The number of ether oxygens (including phenoxy) is 2. The van der Waals surface area contributed by atoms with Gasteiger partial charge in [-0.15, -0.1) is 0 Å². The van der Waals surface area contributed by atoms with E-state index >= 15 is 0 Å². The monoisotopic (exact) mass is 875 g/mol. The van der Waals surface area contributed by atoms with Gasteiger partial charge in [-0.05, 0) is 25.7 Å². The molecular weight excluding hydrogens is 781 g/mol.